The topological polar surface area (TPSA) is 39.1 Å². The Kier molecular flexibility index (Phi) is 5.13. The first-order valence-corrected chi connectivity index (χ1v) is 6.99. The van der Waals surface area contributed by atoms with E-state index in [-0.39, 0.29) is 6.04 Å². The van der Waals surface area contributed by atoms with E-state index in [0.717, 1.165) is 16.7 Å². The van der Waals surface area contributed by atoms with Crippen molar-refractivity contribution in [3.05, 3.63) is 52.3 Å². The van der Waals surface area contributed by atoms with Gasteiger partial charge in [0, 0.05) is 7.11 Å². The number of hydrogen-bond donors (Lipinski definition) is 1. The number of aromatic nitrogens is 2. The molecule has 2 aromatic rings. The fourth-order valence-corrected chi connectivity index (χ4v) is 2.65. The molecule has 5 heteroatoms. The van der Waals surface area contributed by atoms with Crippen LogP contribution >= 0.6 is 15.9 Å². The maximum absolute atomic E-state index is 5.13. The predicted molar refractivity (Wildman–Crippen MR) is 79.1 cm³/mol. The standard InChI is InChI=1S/C14H18BrN3O/c1-16-13(11-6-4-3-5-7-11)14-12(15)10-17-18(14)8-9-19-2/h3-7,10,13,16H,8-9H2,1-2H3. The summed E-state index contributed by atoms with van der Waals surface area (Å²) in [6, 6.07) is 10.4. The van der Waals surface area contributed by atoms with Gasteiger partial charge in [-0.05, 0) is 28.5 Å². The van der Waals surface area contributed by atoms with Crippen LogP contribution in [0.2, 0.25) is 0 Å². The lowest BCUT2D eigenvalue weighted by Crippen LogP contribution is -2.23. The molecule has 0 aliphatic carbocycles. The minimum atomic E-state index is 0.106. The van der Waals surface area contributed by atoms with Crippen molar-refractivity contribution in [2.24, 2.45) is 0 Å². The highest BCUT2D eigenvalue weighted by atomic mass is 79.9. The molecule has 1 N–H and O–H groups in total. The van der Waals surface area contributed by atoms with Gasteiger partial charge in [0.2, 0.25) is 0 Å². The highest BCUT2D eigenvalue weighted by molar-refractivity contribution is 9.10. The van der Waals surface area contributed by atoms with Crippen LogP contribution in [0.3, 0.4) is 0 Å². The number of benzene rings is 1. The molecule has 2 rings (SSSR count). The minimum absolute atomic E-state index is 0.106. The van der Waals surface area contributed by atoms with Crippen LogP contribution in [0.4, 0.5) is 0 Å². The largest absolute Gasteiger partial charge is 0.383 e. The summed E-state index contributed by atoms with van der Waals surface area (Å²) in [4.78, 5) is 0. The fourth-order valence-electron chi connectivity index (χ4n) is 2.12. The first-order chi connectivity index (χ1) is 9.27. The number of methoxy groups -OCH3 is 1. The zero-order valence-corrected chi connectivity index (χ0v) is 12.7. The second-order valence-corrected chi connectivity index (χ2v) is 5.08. The van der Waals surface area contributed by atoms with E-state index < -0.39 is 0 Å². The van der Waals surface area contributed by atoms with Gasteiger partial charge in [-0.25, -0.2) is 0 Å². The summed E-state index contributed by atoms with van der Waals surface area (Å²) in [5.74, 6) is 0. The average molecular weight is 324 g/mol. The third kappa shape index (κ3) is 3.23. The van der Waals surface area contributed by atoms with Crippen LogP contribution in [0, 0.1) is 0 Å². The Bertz CT molecular complexity index is 513. The monoisotopic (exact) mass is 323 g/mol. The van der Waals surface area contributed by atoms with Gasteiger partial charge in [-0.3, -0.25) is 4.68 Å². The van der Waals surface area contributed by atoms with Crippen molar-refractivity contribution in [3.8, 4) is 0 Å². The molecular formula is C14H18BrN3O. The molecule has 0 fully saturated rings. The normalized spacial score (nSPS) is 12.6. The third-order valence-corrected chi connectivity index (χ3v) is 3.65. The number of hydrogen-bond acceptors (Lipinski definition) is 3. The van der Waals surface area contributed by atoms with Gasteiger partial charge < -0.3 is 10.1 Å². The smallest absolute Gasteiger partial charge is 0.0757 e. The molecule has 0 aliphatic heterocycles. The Hall–Kier alpha value is -1.17. The molecule has 19 heavy (non-hydrogen) atoms. The Morgan fingerprint density at radius 3 is 2.74 bits per heavy atom. The summed E-state index contributed by atoms with van der Waals surface area (Å²) in [6.45, 7) is 1.38. The molecule has 102 valence electrons. The molecule has 1 aromatic carbocycles. The maximum Gasteiger partial charge on any atom is 0.0757 e. The van der Waals surface area contributed by atoms with Gasteiger partial charge in [-0.15, -0.1) is 0 Å². The van der Waals surface area contributed by atoms with E-state index in [1.807, 2.05) is 36.1 Å². The molecule has 0 saturated heterocycles. The summed E-state index contributed by atoms with van der Waals surface area (Å²) in [5, 5.41) is 7.74. The lowest BCUT2D eigenvalue weighted by Gasteiger charge is -2.19. The van der Waals surface area contributed by atoms with Crippen LogP contribution in [0.25, 0.3) is 0 Å². The molecular weight excluding hydrogens is 306 g/mol. The van der Waals surface area contributed by atoms with Crippen LogP contribution < -0.4 is 5.32 Å². The second kappa shape index (κ2) is 6.84. The molecule has 0 aliphatic rings. The Balaban J connectivity index is 2.35. The number of ether oxygens (including phenoxy) is 1. The predicted octanol–water partition coefficient (Wildman–Crippen LogP) is 2.60. The Labute approximate surface area is 121 Å². The van der Waals surface area contributed by atoms with E-state index >= 15 is 0 Å². The number of rotatable bonds is 6. The van der Waals surface area contributed by atoms with E-state index in [0.29, 0.717) is 6.61 Å². The van der Waals surface area contributed by atoms with Crippen molar-refractivity contribution in [3.63, 3.8) is 0 Å². The molecule has 4 nitrogen and oxygen atoms in total. The SMILES string of the molecule is CNC(c1ccccc1)c1c(Br)cnn1CCOC. The van der Waals surface area contributed by atoms with E-state index in [4.69, 9.17) is 4.74 Å². The van der Waals surface area contributed by atoms with Crippen LogP contribution in [0.1, 0.15) is 17.3 Å². The van der Waals surface area contributed by atoms with Crippen LogP contribution in [0.5, 0.6) is 0 Å². The highest BCUT2D eigenvalue weighted by Gasteiger charge is 2.20. The fraction of sp³-hybridized carbons (Fsp3) is 0.357. The summed E-state index contributed by atoms with van der Waals surface area (Å²) in [5.41, 5.74) is 2.33. The van der Waals surface area contributed by atoms with Gasteiger partial charge in [0.25, 0.3) is 0 Å². The Morgan fingerprint density at radius 1 is 1.37 bits per heavy atom. The van der Waals surface area contributed by atoms with Gasteiger partial charge in [-0.1, -0.05) is 30.3 Å². The summed E-state index contributed by atoms with van der Waals surface area (Å²) in [6.07, 6.45) is 1.83. The van der Waals surface area contributed by atoms with Crippen molar-refractivity contribution in [1.82, 2.24) is 15.1 Å². The van der Waals surface area contributed by atoms with Crippen LogP contribution in [-0.4, -0.2) is 30.5 Å². The lowest BCUT2D eigenvalue weighted by atomic mass is 10.0. The minimum Gasteiger partial charge on any atom is -0.383 e. The summed E-state index contributed by atoms with van der Waals surface area (Å²) >= 11 is 3.58. The van der Waals surface area contributed by atoms with Crippen LogP contribution in [-0.2, 0) is 11.3 Å². The molecule has 1 atom stereocenters. The molecule has 0 amide bonds. The quantitative estimate of drug-likeness (QED) is 0.888. The Morgan fingerprint density at radius 2 is 2.11 bits per heavy atom. The molecule has 1 aromatic heterocycles. The number of nitrogens with one attached hydrogen (secondary N) is 1. The first kappa shape index (κ1) is 14.2. The van der Waals surface area contributed by atoms with Gasteiger partial charge in [0.05, 0.1) is 35.6 Å². The molecule has 0 saturated carbocycles. The third-order valence-electron chi connectivity index (χ3n) is 3.04. The average Bonchev–Trinajstić information content (AvgIpc) is 2.80. The zero-order valence-electron chi connectivity index (χ0n) is 11.1. The van der Waals surface area contributed by atoms with E-state index in [9.17, 15) is 0 Å². The van der Waals surface area contributed by atoms with Crippen molar-refractivity contribution < 1.29 is 4.74 Å². The highest BCUT2D eigenvalue weighted by Crippen LogP contribution is 2.28. The molecule has 1 unspecified atom stereocenters. The molecule has 0 radical (unpaired) electrons. The molecule has 1 heterocycles. The van der Waals surface area contributed by atoms with E-state index in [2.05, 4.69) is 38.5 Å². The van der Waals surface area contributed by atoms with Crippen LogP contribution in [0.15, 0.2) is 41.0 Å². The van der Waals surface area contributed by atoms with E-state index in [1.165, 1.54) is 5.56 Å². The zero-order chi connectivity index (χ0) is 13.7. The number of nitrogens with zero attached hydrogens (tertiary/aromatic N) is 2. The van der Waals surface area contributed by atoms with Gasteiger partial charge in [0.15, 0.2) is 0 Å². The number of halogens is 1. The van der Waals surface area contributed by atoms with Crippen molar-refractivity contribution in [2.45, 2.75) is 12.6 Å². The van der Waals surface area contributed by atoms with Crippen molar-refractivity contribution in [1.29, 1.82) is 0 Å². The van der Waals surface area contributed by atoms with Crippen molar-refractivity contribution in [2.75, 3.05) is 20.8 Å². The summed E-state index contributed by atoms with van der Waals surface area (Å²) in [7, 11) is 3.66. The molecule has 0 spiro atoms. The molecule has 0 bridgehead atoms. The maximum atomic E-state index is 5.13. The second-order valence-electron chi connectivity index (χ2n) is 4.23. The van der Waals surface area contributed by atoms with Gasteiger partial charge in [0.1, 0.15) is 0 Å². The van der Waals surface area contributed by atoms with Gasteiger partial charge >= 0.3 is 0 Å². The van der Waals surface area contributed by atoms with E-state index in [1.54, 1.807) is 7.11 Å². The summed E-state index contributed by atoms with van der Waals surface area (Å²) < 4.78 is 8.11. The lowest BCUT2D eigenvalue weighted by molar-refractivity contribution is 0.182. The van der Waals surface area contributed by atoms with Gasteiger partial charge in [-0.2, -0.15) is 5.10 Å². The first-order valence-electron chi connectivity index (χ1n) is 6.20. The van der Waals surface area contributed by atoms with Crippen molar-refractivity contribution >= 4 is 15.9 Å².